The van der Waals surface area contributed by atoms with Gasteiger partial charge in [-0.1, -0.05) is 12.1 Å². The summed E-state index contributed by atoms with van der Waals surface area (Å²) in [4.78, 5) is 26.1. The standard InChI is InChI=1S/C20H19NO5/c1-3-25-15-9-5-13(6-10-15)17-18(22)20(24)21(19(17)23)14-7-11-16(12-8-14)26-4-2/h5-12,22H,3-4H2,1-2H3. The first-order chi connectivity index (χ1) is 12.6. The molecule has 0 unspecified atom stereocenters. The third-order valence-electron chi connectivity index (χ3n) is 3.92. The highest BCUT2D eigenvalue weighted by Crippen LogP contribution is 2.33. The number of aliphatic hydroxyl groups excluding tert-OH is 1. The molecule has 1 aliphatic heterocycles. The van der Waals surface area contributed by atoms with Crippen molar-refractivity contribution in [1.29, 1.82) is 0 Å². The molecular weight excluding hydrogens is 334 g/mol. The molecule has 2 amide bonds. The van der Waals surface area contributed by atoms with Crippen LogP contribution in [0.1, 0.15) is 19.4 Å². The Morgan fingerprint density at radius 1 is 0.808 bits per heavy atom. The van der Waals surface area contributed by atoms with Gasteiger partial charge in [0.2, 0.25) is 0 Å². The summed E-state index contributed by atoms with van der Waals surface area (Å²) in [5.41, 5.74) is 0.806. The Hall–Kier alpha value is -3.28. The van der Waals surface area contributed by atoms with Crippen LogP contribution in [0.3, 0.4) is 0 Å². The smallest absolute Gasteiger partial charge is 0.301 e. The first-order valence-corrected chi connectivity index (χ1v) is 8.35. The van der Waals surface area contributed by atoms with Crippen molar-refractivity contribution in [3.63, 3.8) is 0 Å². The lowest BCUT2D eigenvalue weighted by atomic mass is 10.1. The largest absolute Gasteiger partial charge is 0.502 e. The molecule has 26 heavy (non-hydrogen) atoms. The van der Waals surface area contributed by atoms with Gasteiger partial charge in [-0.05, 0) is 55.8 Å². The molecule has 0 fully saturated rings. The van der Waals surface area contributed by atoms with Gasteiger partial charge in [0.05, 0.1) is 24.5 Å². The molecule has 0 atom stereocenters. The SMILES string of the molecule is CCOc1ccc(C2=C(O)C(=O)N(c3ccc(OCC)cc3)C2=O)cc1. The number of rotatable bonds is 6. The van der Waals surface area contributed by atoms with Crippen molar-refractivity contribution in [2.75, 3.05) is 18.1 Å². The molecule has 2 aromatic carbocycles. The van der Waals surface area contributed by atoms with Gasteiger partial charge >= 0.3 is 5.91 Å². The second-order valence-electron chi connectivity index (χ2n) is 5.55. The van der Waals surface area contributed by atoms with E-state index in [9.17, 15) is 14.7 Å². The van der Waals surface area contributed by atoms with Gasteiger partial charge in [0, 0.05) is 0 Å². The molecule has 3 rings (SSSR count). The maximum Gasteiger partial charge on any atom is 0.301 e. The highest BCUT2D eigenvalue weighted by molar-refractivity contribution is 6.44. The van der Waals surface area contributed by atoms with Crippen LogP contribution in [0.4, 0.5) is 5.69 Å². The van der Waals surface area contributed by atoms with Crippen molar-refractivity contribution >= 4 is 23.1 Å². The number of nitrogens with zero attached hydrogens (tertiary/aromatic N) is 1. The molecule has 0 aliphatic carbocycles. The number of ether oxygens (including phenoxy) is 2. The van der Waals surface area contributed by atoms with Gasteiger partial charge in [0.1, 0.15) is 11.5 Å². The summed E-state index contributed by atoms with van der Waals surface area (Å²) >= 11 is 0. The number of hydrogen-bond donors (Lipinski definition) is 1. The number of benzene rings is 2. The molecule has 1 N–H and O–H groups in total. The van der Waals surface area contributed by atoms with Gasteiger partial charge in [0.15, 0.2) is 5.76 Å². The van der Waals surface area contributed by atoms with Crippen molar-refractivity contribution in [3.05, 3.63) is 59.9 Å². The number of anilines is 1. The van der Waals surface area contributed by atoms with Crippen LogP contribution in [0.25, 0.3) is 5.57 Å². The second-order valence-corrected chi connectivity index (χ2v) is 5.55. The Morgan fingerprint density at radius 3 is 1.81 bits per heavy atom. The summed E-state index contributed by atoms with van der Waals surface area (Å²) < 4.78 is 10.7. The van der Waals surface area contributed by atoms with Gasteiger partial charge in [0.25, 0.3) is 5.91 Å². The lowest BCUT2D eigenvalue weighted by molar-refractivity contribution is -0.121. The normalized spacial score (nSPS) is 14.2. The van der Waals surface area contributed by atoms with E-state index >= 15 is 0 Å². The minimum Gasteiger partial charge on any atom is -0.502 e. The molecule has 0 bridgehead atoms. The predicted molar refractivity (Wildman–Crippen MR) is 97.3 cm³/mol. The summed E-state index contributed by atoms with van der Waals surface area (Å²) in [5, 5.41) is 10.2. The van der Waals surface area contributed by atoms with Crippen LogP contribution in [0.2, 0.25) is 0 Å². The fourth-order valence-electron chi connectivity index (χ4n) is 2.76. The maximum absolute atomic E-state index is 12.8. The van der Waals surface area contributed by atoms with Crippen LogP contribution in [0.5, 0.6) is 11.5 Å². The Morgan fingerprint density at radius 2 is 1.31 bits per heavy atom. The Balaban J connectivity index is 1.89. The fraction of sp³-hybridized carbons (Fsp3) is 0.200. The molecule has 6 nitrogen and oxygen atoms in total. The molecule has 0 spiro atoms. The third-order valence-corrected chi connectivity index (χ3v) is 3.92. The monoisotopic (exact) mass is 353 g/mol. The molecule has 0 saturated heterocycles. The minimum absolute atomic E-state index is 0.0214. The number of carbonyl (C=O) groups is 2. The van der Waals surface area contributed by atoms with Gasteiger partial charge in [-0.15, -0.1) is 0 Å². The molecule has 0 radical (unpaired) electrons. The first kappa shape index (κ1) is 17.5. The molecular formula is C20H19NO5. The van der Waals surface area contributed by atoms with Crippen LogP contribution >= 0.6 is 0 Å². The molecule has 1 heterocycles. The zero-order valence-corrected chi connectivity index (χ0v) is 14.6. The molecule has 1 aliphatic rings. The lowest BCUT2D eigenvalue weighted by Gasteiger charge is -2.15. The Kier molecular flexibility index (Phi) is 4.93. The second kappa shape index (κ2) is 7.31. The van der Waals surface area contributed by atoms with Crippen molar-refractivity contribution in [1.82, 2.24) is 0 Å². The van der Waals surface area contributed by atoms with E-state index in [0.717, 1.165) is 4.90 Å². The summed E-state index contributed by atoms with van der Waals surface area (Å²) in [6.07, 6.45) is 0. The zero-order chi connectivity index (χ0) is 18.7. The maximum atomic E-state index is 12.8. The number of imide groups is 1. The van der Waals surface area contributed by atoms with Crippen molar-refractivity contribution < 1.29 is 24.2 Å². The third kappa shape index (κ3) is 3.13. The first-order valence-electron chi connectivity index (χ1n) is 8.35. The summed E-state index contributed by atoms with van der Waals surface area (Å²) in [7, 11) is 0. The molecule has 2 aromatic rings. The van der Waals surface area contributed by atoms with Crippen molar-refractivity contribution in [3.8, 4) is 11.5 Å². The van der Waals surface area contributed by atoms with E-state index in [2.05, 4.69) is 0 Å². The molecule has 0 aromatic heterocycles. The summed E-state index contributed by atoms with van der Waals surface area (Å²) in [5.74, 6) is -0.590. The van der Waals surface area contributed by atoms with E-state index in [1.807, 2.05) is 13.8 Å². The van der Waals surface area contributed by atoms with E-state index in [0.29, 0.717) is 36.0 Å². The number of hydrogen-bond acceptors (Lipinski definition) is 5. The zero-order valence-electron chi connectivity index (χ0n) is 14.6. The van der Waals surface area contributed by atoms with Crippen molar-refractivity contribution in [2.45, 2.75) is 13.8 Å². The van der Waals surface area contributed by atoms with E-state index in [1.165, 1.54) is 0 Å². The quantitative estimate of drug-likeness (QED) is 0.806. The number of aliphatic hydroxyl groups is 1. The predicted octanol–water partition coefficient (Wildman–Crippen LogP) is 3.33. The van der Waals surface area contributed by atoms with Crippen LogP contribution in [-0.2, 0) is 9.59 Å². The molecule has 0 saturated carbocycles. The van der Waals surface area contributed by atoms with Crippen molar-refractivity contribution in [2.24, 2.45) is 0 Å². The van der Waals surface area contributed by atoms with E-state index < -0.39 is 17.6 Å². The lowest BCUT2D eigenvalue weighted by Crippen LogP contribution is -2.31. The van der Waals surface area contributed by atoms with Gasteiger partial charge in [-0.25, -0.2) is 4.90 Å². The number of amides is 2. The van der Waals surface area contributed by atoms with E-state index in [1.54, 1.807) is 48.5 Å². The average molecular weight is 353 g/mol. The van der Waals surface area contributed by atoms with Gasteiger partial charge < -0.3 is 14.6 Å². The average Bonchev–Trinajstić information content (AvgIpc) is 2.87. The molecule has 134 valence electrons. The Labute approximate surface area is 151 Å². The Bertz CT molecular complexity index is 853. The van der Waals surface area contributed by atoms with Crippen LogP contribution in [0.15, 0.2) is 54.3 Å². The van der Waals surface area contributed by atoms with E-state index in [-0.39, 0.29) is 5.57 Å². The summed E-state index contributed by atoms with van der Waals surface area (Å²) in [6.45, 7) is 4.78. The number of carbonyl (C=O) groups excluding carboxylic acids is 2. The fourth-order valence-corrected chi connectivity index (χ4v) is 2.76. The minimum atomic E-state index is -0.747. The van der Waals surface area contributed by atoms with Crippen LogP contribution < -0.4 is 14.4 Å². The molecule has 6 heteroatoms. The summed E-state index contributed by atoms with van der Waals surface area (Å²) in [6, 6.07) is 13.2. The topological polar surface area (TPSA) is 76.1 Å². The van der Waals surface area contributed by atoms with Crippen LogP contribution in [-0.4, -0.2) is 30.1 Å². The van der Waals surface area contributed by atoms with Crippen LogP contribution in [0, 0.1) is 0 Å². The van der Waals surface area contributed by atoms with Gasteiger partial charge in [-0.3, -0.25) is 9.59 Å². The highest BCUT2D eigenvalue weighted by Gasteiger charge is 2.40. The van der Waals surface area contributed by atoms with E-state index in [4.69, 9.17) is 9.47 Å². The van der Waals surface area contributed by atoms with Gasteiger partial charge in [-0.2, -0.15) is 0 Å². The highest BCUT2D eigenvalue weighted by atomic mass is 16.5.